The van der Waals surface area contributed by atoms with Crippen LogP contribution in [0.3, 0.4) is 0 Å². The van der Waals surface area contributed by atoms with E-state index in [9.17, 15) is 9.18 Å². The Hall–Kier alpha value is -2.16. The van der Waals surface area contributed by atoms with E-state index in [4.69, 9.17) is 0 Å². The van der Waals surface area contributed by atoms with Gasteiger partial charge >= 0.3 is 0 Å². The normalized spacial score (nSPS) is 10.3. The van der Waals surface area contributed by atoms with Crippen molar-refractivity contribution in [3.63, 3.8) is 0 Å². The summed E-state index contributed by atoms with van der Waals surface area (Å²) in [5.41, 5.74) is 2.14. The number of carbonyl (C=O) groups is 1. The second-order valence-corrected chi connectivity index (χ2v) is 4.74. The molecule has 3 heteroatoms. The Labute approximate surface area is 118 Å². The van der Waals surface area contributed by atoms with Gasteiger partial charge in [0.15, 0.2) is 5.78 Å². The zero-order chi connectivity index (χ0) is 14.5. The molecule has 0 aromatic heterocycles. The fourth-order valence-corrected chi connectivity index (χ4v) is 2.20. The van der Waals surface area contributed by atoms with Crippen molar-refractivity contribution in [1.29, 1.82) is 0 Å². The van der Waals surface area contributed by atoms with Crippen LogP contribution in [-0.4, -0.2) is 12.8 Å². The largest absolute Gasteiger partial charge is 0.370 e. The van der Waals surface area contributed by atoms with Crippen molar-refractivity contribution in [1.82, 2.24) is 0 Å². The molecule has 0 saturated carbocycles. The van der Waals surface area contributed by atoms with Crippen molar-refractivity contribution in [3.8, 4) is 0 Å². The molecule has 0 fully saturated rings. The molecule has 0 heterocycles. The lowest BCUT2D eigenvalue weighted by Gasteiger charge is -2.22. The van der Waals surface area contributed by atoms with Gasteiger partial charge in [0.2, 0.25) is 0 Å². The molecule has 2 aromatic carbocycles. The van der Waals surface area contributed by atoms with Gasteiger partial charge in [-0.1, -0.05) is 37.3 Å². The van der Waals surface area contributed by atoms with E-state index >= 15 is 0 Å². The quantitative estimate of drug-likeness (QED) is 0.764. The zero-order valence-electron chi connectivity index (χ0n) is 11.8. The average molecular weight is 271 g/mol. The number of Topliss-reactive ketones (excluding diaryl/α,β-unsaturated/α-hetero) is 1. The van der Waals surface area contributed by atoms with Crippen LogP contribution in [0.5, 0.6) is 0 Å². The van der Waals surface area contributed by atoms with E-state index in [1.165, 1.54) is 6.07 Å². The molecule has 2 aromatic rings. The van der Waals surface area contributed by atoms with E-state index in [-0.39, 0.29) is 11.6 Å². The first kappa shape index (κ1) is 14.3. The zero-order valence-corrected chi connectivity index (χ0v) is 11.8. The number of ketones is 1. The molecule has 0 saturated heterocycles. The fourth-order valence-electron chi connectivity index (χ4n) is 2.20. The number of nitrogens with zero attached hydrogens (tertiary/aromatic N) is 1. The van der Waals surface area contributed by atoms with Gasteiger partial charge in [-0.15, -0.1) is 0 Å². The van der Waals surface area contributed by atoms with Crippen molar-refractivity contribution >= 4 is 11.5 Å². The van der Waals surface area contributed by atoms with Crippen LogP contribution in [0.1, 0.15) is 29.3 Å². The summed E-state index contributed by atoms with van der Waals surface area (Å²) in [7, 11) is 1.87. The van der Waals surface area contributed by atoms with Crippen LogP contribution in [-0.2, 0) is 6.54 Å². The van der Waals surface area contributed by atoms with Gasteiger partial charge in [0, 0.05) is 36.8 Å². The average Bonchev–Trinajstić information content (AvgIpc) is 2.48. The lowest BCUT2D eigenvalue weighted by Crippen LogP contribution is -2.20. The molecule has 0 atom stereocenters. The number of hydrogen-bond acceptors (Lipinski definition) is 2. The number of para-hydroxylation sites is 1. The number of halogens is 1. The van der Waals surface area contributed by atoms with E-state index in [1.807, 2.05) is 49.2 Å². The lowest BCUT2D eigenvalue weighted by molar-refractivity contribution is 0.0988. The standard InChI is InChI=1S/C17H18FNO/c1-3-17(20)14-9-5-7-11-16(14)19(2)12-13-8-4-6-10-15(13)18/h4-11H,3,12H2,1-2H3. The van der Waals surface area contributed by atoms with Gasteiger partial charge in [-0.3, -0.25) is 4.79 Å². The highest BCUT2D eigenvalue weighted by molar-refractivity contribution is 6.01. The van der Waals surface area contributed by atoms with Crippen molar-refractivity contribution in [2.45, 2.75) is 19.9 Å². The fraction of sp³-hybridized carbons (Fsp3) is 0.235. The maximum atomic E-state index is 13.7. The van der Waals surface area contributed by atoms with Gasteiger partial charge in [0.25, 0.3) is 0 Å². The third-order valence-electron chi connectivity index (χ3n) is 3.30. The Bertz CT molecular complexity index is 609. The van der Waals surface area contributed by atoms with Gasteiger partial charge in [-0.2, -0.15) is 0 Å². The number of anilines is 1. The summed E-state index contributed by atoms with van der Waals surface area (Å²) in [4.78, 5) is 13.9. The van der Waals surface area contributed by atoms with E-state index < -0.39 is 0 Å². The summed E-state index contributed by atoms with van der Waals surface area (Å²) in [5.74, 6) is -0.125. The van der Waals surface area contributed by atoms with Crippen LogP contribution in [0.2, 0.25) is 0 Å². The number of hydrogen-bond donors (Lipinski definition) is 0. The van der Waals surface area contributed by atoms with Crippen molar-refractivity contribution in [3.05, 3.63) is 65.5 Å². The van der Waals surface area contributed by atoms with Crippen LogP contribution in [0, 0.1) is 5.82 Å². The van der Waals surface area contributed by atoms with E-state index in [2.05, 4.69) is 0 Å². The molecule has 2 nitrogen and oxygen atoms in total. The van der Waals surface area contributed by atoms with Crippen LogP contribution in [0.25, 0.3) is 0 Å². The van der Waals surface area contributed by atoms with Crippen LogP contribution >= 0.6 is 0 Å². The summed E-state index contributed by atoms with van der Waals surface area (Å²) >= 11 is 0. The highest BCUT2D eigenvalue weighted by atomic mass is 19.1. The first-order valence-electron chi connectivity index (χ1n) is 6.70. The molecule has 0 bridgehead atoms. The monoisotopic (exact) mass is 271 g/mol. The molecular weight excluding hydrogens is 253 g/mol. The summed E-state index contributed by atoms with van der Waals surface area (Å²) in [5, 5.41) is 0. The number of rotatable bonds is 5. The minimum Gasteiger partial charge on any atom is -0.370 e. The second kappa shape index (κ2) is 6.33. The van der Waals surface area contributed by atoms with Crippen molar-refractivity contribution in [2.75, 3.05) is 11.9 Å². The molecule has 0 spiro atoms. The SMILES string of the molecule is CCC(=O)c1ccccc1N(C)Cc1ccccc1F. The molecular formula is C17H18FNO. The molecule has 20 heavy (non-hydrogen) atoms. The van der Waals surface area contributed by atoms with Gasteiger partial charge < -0.3 is 4.90 Å². The first-order chi connectivity index (χ1) is 9.63. The van der Waals surface area contributed by atoms with Crippen molar-refractivity contribution in [2.24, 2.45) is 0 Å². The second-order valence-electron chi connectivity index (χ2n) is 4.74. The Kier molecular flexibility index (Phi) is 4.51. The molecule has 0 radical (unpaired) electrons. The van der Waals surface area contributed by atoms with Gasteiger partial charge in [0.05, 0.1) is 0 Å². The smallest absolute Gasteiger partial charge is 0.164 e. The molecule has 0 amide bonds. The maximum absolute atomic E-state index is 13.7. The van der Waals surface area contributed by atoms with Crippen LogP contribution in [0.15, 0.2) is 48.5 Å². The summed E-state index contributed by atoms with van der Waals surface area (Å²) in [6, 6.07) is 14.1. The predicted molar refractivity (Wildman–Crippen MR) is 79.6 cm³/mol. The highest BCUT2D eigenvalue weighted by Crippen LogP contribution is 2.23. The third kappa shape index (κ3) is 3.05. The van der Waals surface area contributed by atoms with E-state index in [1.54, 1.807) is 12.1 Å². The van der Waals surface area contributed by atoms with Gasteiger partial charge in [0.1, 0.15) is 5.82 Å². The van der Waals surface area contributed by atoms with Crippen molar-refractivity contribution < 1.29 is 9.18 Å². The molecule has 0 aliphatic carbocycles. The minimum absolute atomic E-state index is 0.0981. The summed E-state index contributed by atoms with van der Waals surface area (Å²) in [6.07, 6.45) is 0.463. The first-order valence-corrected chi connectivity index (χ1v) is 6.70. The Morgan fingerprint density at radius 3 is 2.45 bits per heavy atom. The number of carbonyl (C=O) groups excluding carboxylic acids is 1. The highest BCUT2D eigenvalue weighted by Gasteiger charge is 2.13. The van der Waals surface area contributed by atoms with Gasteiger partial charge in [-0.05, 0) is 18.2 Å². The maximum Gasteiger partial charge on any atom is 0.164 e. The van der Waals surface area contributed by atoms with Crippen LogP contribution < -0.4 is 4.90 Å². The van der Waals surface area contributed by atoms with Crippen LogP contribution in [0.4, 0.5) is 10.1 Å². The van der Waals surface area contributed by atoms with Gasteiger partial charge in [-0.25, -0.2) is 4.39 Å². The Morgan fingerprint density at radius 1 is 1.10 bits per heavy atom. The Balaban J connectivity index is 2.28. The molecule has 0 aliphatic heterocycles. The van der Waals surface area contributed by atoms with E-state index in [0.29, 0.717) is 24.1 Å². The summed E-state index contributed by atoms with van der Waals surface area (Å²) in [6.45, 7) is 2.27. The Morgan fingerprint density at radius 2 is 1.75 bits per heavy atom. The lowest BCUT2D eigenvalue weighted by atomic mass is 10.1. The molecule has 0 N–H and O–H groups in total. The third-order valence-corrected chi connectivity index (χ3v) is 3.30. The van der Waals surface area contributed by atoms with E-state index in [0.717, 1.165) is 5.69 Å². The molecule has 0 unspecified atom stereocenters. The summed E-state index contributed by atoms with van der Waals surface area (Å²) < 4.78 is 13.7. The number of benzene rings is 2. The predicted octanol–water partition coefficient (Wildman–Crippen LogP) is 4.05. The molecule has 104 valence electrons. The molecule has 0 aliphatic rings. The topological polar surface area (TPSA) is 20.3 Å². The molecule has 2 rings (SSSR count). The minimum atomic E-state index is -0.223.